The van der Waals surface area contributed by atoms with E-state index in [9.17, 15) is 9.59 Å². The second-order valence-electron chi connectivity index (χ2n) is 4.75. The van der Waals surface area contributed by atoms with Crippen molar-refractivity contribution in [2.75, 3.05) is 19.6 Å². The van der Waals surface area contributed by atoms with Crippen molar-refractivity contribution < 1.29 is 9.59 Å². The van der Waals surface area contributed by atoms with Gasteiger partial charge in [0.1, 0.15) is 0 Å². The van der Waals surface area contributed by atoms with E-state index in [0.29, 0.717) is 10.6 Å². The molecule has 1 saturated heterocycles. The molecule has 0 aromatic heterocycles. The van der Waals surface area contributed by atoms with Crippen molar-refractivity contribution in [3.8, 4) is 0 Å². The summed E-state index contributed by atoms with van der Waals surface area (Å²) < 4.78 is 0.819. The SMILES string of the molecule is O=C(NCC(=O)N1CCCCC1)c1ccc(Cl)c(I)c1. The van der Waals surface area contributed by atoms with E-state index in [4.69, 9.17) is 11.6 Å². The van der Waals surface area contributed by atoms with Crippen molar-refractivity contribution in [1.82, 2.24) is 10.2 Å². The van der Waals surface area contributed by atoms with Gasteiger partial charge in [0.2, 0.25) is 5.91 Å². The Morgan fingerprint density at radius 2 is 1.95 bits per heavy atom. The number of piperidine rings is 1. The van der Waals surface area contributed by atoms with E-state index >= 15 is 0 Å². The fourth-order valence-electron chi connectivity index (χ4n) is 2.15. The smallest absolute Gasteiger partial charge is 0.251 e. The Bertz CT molecular complexity index is 516. The number of nitrogens with one attached hydrogen (secondary N) is 1. The molecule has 0 radical (unpaired) electrons. The molecule has 1 N–H and O–H groups in total. The zero-order chi connectivity index (χ0) is 14.5. The molecule has 0 bridgehead atoms. The van der Waals surface area contributed by atoms with E-state index < -0.39 is 0 Å². The second kappa shape index (κ2) is 7.26. The molecule has 0 saturated carbocycles. The molecule has 1 aromatic carbocycles. The first-order valence-corrected chi connectivity index (χ1v) is 8.04. The average Bonchev–Trinajstić information content (AvgIpc) is 2.48. The normalized spacial score (nSPS) is 15.0. The molecule has 0 unspecified atom stereocenters. The third-order valence-corrected chi connectivity index (χ3v) is 4.83. The Morgan fingerprint density at radius 1 is 1.25 bits per heavy atom. The summed E-state index contributed by atoms with van der Waals surface area (Å²) in [6, 6.07) is 5.06. The summed E-state index contributed by atoms with van der Waals surface area (Å²) in [5.74, 6) is -0.258. The molecule has 20 heavy (non-hydrogen) atoms. The molecule has 6 heteroatoms. The molecular formula is C14H16ClIN2O2. The van der Waals surface area contributed by atoms with Gasteiger partial charge < -0.3 is 10.2 Å². The third kappa shape index (κ3) is 4.09. The number of rotatable bonds is 3. The van der Waals surface area contributed by atoms with E-state index in [2.05, 4.69) is 27.9 Å². The van der Waals surface area contributed by atoms with Gasteiger partial charge in [-0.15, -0.1) is 0 Å². The number of likely N-dealkylation sites (tertiary alicyclic amines) is 1. The first kappa shape index (κ1) is 15.6. The maximum atomic E-state index is 12.0. The van der Waals surface area contributed by atoms with Gasteiger partial charge in [0.25, 0.3) is 5.91 Å². The molecule has 4 nitrogen and oxygen atoms in total. The lowest BCUT2D eigenvalue weighted by Crippen LogP contribution is -2.42. The van der Waals surface area contributed by atoms with Crippen molar-refractivity contribution in [3.05, 3.63) is 32.4 Å². The van der Waals surface area contributed by atoms with E-state index in [0.717, 1.165) is 29.5 Å². The maximum absolute atomic E-state index is 12.0. The number of carbonyl (C=O) groups is 2. The predicted octanol–water partition coefficient (Wildman–Crippen LogP) is 2.69. The molecular weight excluding hydrogens is 391 g/mol. The zero-order valence-corrected chi connectivity index (χ0v) is 13.9. The molecule has 1 fully saturated rings. The van der Waals surface area contributed by atoms with Crippen molar-refractivity contribution in [1.29, 1.82) is 0 Å². The summed E-state index contributed by atoms with van der Waals surface area (Å²) in [4.78, 5) is 25.7. The van der Waals surface area contributed by atoms with E-state index in [1.807, 2.05) is 4.90 Å². The second-order valence-corrected chi connectivity index (χ2v) is 6.32. The summed E-state index contributed by atoms with van der Waals surface area (Å²) in [5.41, 5.74) is 0.519. The molecule has 0 aliphatic carbocycles. The molecule has 108 valence electrons. The number of halogens is 2. The lowest BCUT2D eigenvalue weighted by molar-refractivity contribution is -0.130. The van der Waals surface area contributed by atoms with Crippen LogP contribution in [0.4, 0.5) is 0 Å². The third-order valence-electron chi connectivity index (χ3n) is 3.29. The predicted molar refractivity (Wildman–Crippen MR) is 86.9 cm³/mol. The van der Waals surface area contributed by atoms with Crippen LogP contribution in [0.15, 0.2) is 18.2 Å². The van der Waals surface area contributed by atoms with Gasteiger partial charge in [0.15, 0.2) is 0 Å². The number of hydrogen-bond acceptors (Lipinski definition) is 2. The van der Waals surface area contributed by atoms with Crippen LogP contribution >= 0.6 is 34.2 Å². The van der Waals surface area contributed by atoms with Crippen molar-refractivity contribution in [2.24, 2.45) is 0 Å². The van der Waals surface area contributed by atoms with Gasteiger partial charge in [-0.25, -0.2) is 0 Å². The topological polar surface area (TPSA) is 49.4 Å². The largest absolute Gasteiger partial charge is 0.343 e. The van der Waals surface area contributed by atoms with Crippen LogP contribution < -0.4 is 5.32 Å². The molecule has 1 aliphatic heterocycles. The Morgan fingerprint density at radius 3 is 2.60 bits per heavy atom. The van der Waals surface area contributed by atoms with Gasteiger partial charge in [-0.1, -0.05) is 11.6 Å². The van der Waals surface area contributed by atoms with Crippen molar-refractivity contribution in [3.63, 3.8) is 0 Å². The molecule has 1 aliphatic rings. The van der Waals surface area contributed by atoms with Gasteiger partial charge in [-0.2, -0.15) is 0 Å². The van der Waals surface area contributed by atoms with Crippen LogP contribution in [0.3, 0.4) is 0 Å². The van der Waals surface area contributed by atoms with E-state index in [1.54, 1.807) is 18.2 Å². The monoisotopic (exact) mass is 406 g/mol. The number of nitrogens with zero attached hydrogens (tertiary/aromatic N) is 1. The molecule has 1 heterocycles. The fourth-order valence-corrected chi connectivity index (χ4v) is 2.78. The highest BCUT2D eigenvalue weighted by Crippen LogP contribution is 2.19. The van der Waals surface area contributed by atoms with Gasteiger partial charge >= 0.3 is 0 Å². The van der Waals surface area contributed by atoms with Crippen LogP contribution in [0.1, 0.15) is 29.6 Å². The summed E-state index contributed by atoms with van der Waals surface area (Å²) in [7, 11) is 0. The van der Waals surface area contributed by atoms with Crippen LogP contribution in [-0.4, -0.2) is 36.3 Å². The number of carbonyl (C=O) groups excluding carboxylic acids is 2. The summed E-state index contributed by atoms with van der Waals surface area (Å²) >= 11 is 7.99. The minimum atomic E-state index is -0.245. The van der Waals surface area contributed by atoms with Crippen LogP contribution in [0, 0.1) is 3.57 Å². The minimum Gasteiger partial charge on any atom is -0.343 e. The summed E-state index contributed by atoms with van der Waals surface area (Å²) in [5, 5.41) is 3.28. The first-order valence-electron chi connectivity index (χ1n) is 6.59. The van der Waals surface area contributed by atoms with E-state index in [1.165, 1.54) is 6.42 Å². The molecule has 2 amide bonds. The average molecular weight is 407 g/mol. The van der Waals surface area contributed by atoms with Crippen LogP contribution in [-0.2, 0) is 4.79 Å². The highest BCUT2D eigenvalue weighted by molar-refractivity contribution is 14.1. The van der Waals surface area contributed by atoms with Crippen molar-refractivity contribution >= 4 is 46.0 Å². The molecule has 0 spiro atoms. The summed E-state index contributed by atoms with van der Waals surface area (Å²) in [6.45, 7) is 1.65. The lowest BCUT2D eigenvalue weighted by Gasteiger charge is -2.26. The van der Waals surface area contributed by atoms with Crippen LogP contribution in [0.2, 0.25) is 5.02 Å². The maximum Gasteiger partial charge on any atom is 0.251 e. The highest BCUT2D eigenvalue weighted by atomic mass is 127. The first-order chi connectivity index (χ1) is 9.58. The van der Waals surface area contributed by atoms with Gasteiger partial charge in [-0.05, 0) is 60.1 Å². The Hall–Kier alpha value is -0.820. The number of hydrogen-bond donors (Lipinski definition) is 1. The Labute approximate surface area is 137 Å². The minimum absolute atomic E-state index is 0.0123. The van der Waals surface area contributed by atoms with Crippen molar-refractivity contribution in [2.45, 2.75) is 19.3 Å². The lowest BCUT2D eigenvalue weighted by atomic mass is 10.1. The molecule has 2 rings (SSSR count). The quantitative estimate of drug-likeness (QED) is 0.785. The Balaban J connectivity index is 1.88. The van der Waals surface area contributed by atoms with E-state index in [-0.39, 0.29) is 18.4 Å². The van der Waals surface area contributed by atoms with Crippen LogP contribution in [0.25, 0.3) is 0 Å². The highest BCUT2D eigenvalue weighted by Gasteiger charge is 2.17. The molecule has 0 atom stereocenters. The molecule has 1 aromatic rings. The van der Waals surface area contributed by atoms with Gasteiger partial charge in [-0.3, -0.25) is 9.59 Å². The Kier molecular flexibility index (Phi) is 5.65. The fraction of sp³-hybridized carbons (Fsp3) is 0.429. The number of amides is 2. The number of benzene rings is 1. The zero-order valence-electron chi connectivity index (χ0n) is 11.0. The standard InChI is InChI=1S/C14H16ClIN2O2/c15-11-5-4-10(8-12(11)16)14(20)17-9-13(19)18-6-2-1-3-7-18/h4-5,8H,1-3,6-7,9H2,(H,17,20). The summed E-state index contributed by atoms with van der Waals surface area (Å²) in [6.07, 6.45) is 3.28. The van der Waals surface area contributed by atoms with Gasteiger partial charge in [0.05, 0.1) is 11.6 Å². The van der Waals surface area contributed by atoms with Crippen LogP contribution in [0.5, 0.6) is 0 Å². The van der Waals surface area contributed by atoms with Gasteiger partial charge in [0, 0.05) is 22.2 Å².